The van der Waals surface area contributed by atoms with Gasteiger partial charge in [0.05, 0.1) is 17.2 Å². The van der Waals surface area contributed by atoms with E-state index in [4.69, 9.17) is 5.73 Å². The number of thiazole rings is 1. The van der Waals surface area contributed by atoms with Gasteiger partial charge in [0.15, 0.2) is 4.21 Å². The van der Waals surface area contributed by atoms with Crippen molar-refractivity contribution >= 4 is 21.4 Å². The third-order valence-corrected chi connectivity index (χ3v) is 7.01. The Balaban J connectivity index is 2.03. The van der Waals surface area contributed by atoms with Crippen LogP contribution in [0.15, 0.2) is 34.7 Å². The maximum atomic E-state index is 12.8. The van der Waals surface area contributed by atoms with Gasteiger partial charge in [0.2, 0.25) is 0 Å². The molecule has 1 unspecified atom stereocenters. The Labute approximate surface area is 128 Å². The molecule has 5 nitrogen and oxygen atoms in total. The summed E-state index contributed by atoms with van der Waals surface area (Å²) >= 11 is 1.20. The number of fused-ring (bicyclic) bond motifs is 1. The quantitative estimate of drug-likeness (QED) is 0.933. The van der Waals surface area contributed by atoms with Crippen LogP contribution in [0.25, 0.3) is 0 Å². The third-order valence-electron chi connectivity index (χ3n) is 3.75. The highest BCUT2D eigenvalue weighted by molar-refractivity contribution is 7.91. The van der Waals surface area contributed by atoms with Crippen molar-refractivity contribution in [3.05, 3.63) is 46.6 Å². The van der Waals surface area contributed by atoms with Crippen molar-refractivity contribution in [2.45, 2.75) is 23.6 Å². The Hall–Kier alpha value is -1.28. The molecule has 0 fully saturated rings. The van der Waals surface area contributed by atoms with Crippen LogP contribution in [0.2, 0.25) is 0 Å². The van der Waals surface area contributed by atoms with E-state index in [2.05, 4.69) is 4.98 Å². The second kappa shape index (κ2) is 5.49. The number of hydrogen-bond donors (Lipinski definition) is 1. The largest absolute Gasteiger partial charge is 0.329 e. The standard InChI is InChI=1S/C14H17N3O2S2/c1-10-16-9-14(20-10)21(18,19)17-7-6-11-4-2-3-5-12(11)13(17)8-15/h2-5,9,13H,6-8,15H2,1H3. The summed E-state index contributed by atoms with van der Waals surface area (Å²) in [6.07, 6.45) is 2.15. The van der Waals surface area contributed by atoms with E-state index in [1.54, 1.807) is 6.92 Å². The fourth-order valence-electron chi connectivity index (χ4n) is 2.74. The van der Waals surface area contributed by atoms with Gasteiger partial charge < -0.3 is 5.73 Å². The van der Waals surface area contributed by atoms with Crippen LogP contribution in [-0.4, -0.2) is 30.8 Å². The van der Waals surface area contributed by atoms with Crippen LogP contribution in [-0.2, 0) is 16.4 Å². The molecule has 0 bridgehead atoms. The van der Waals surface area contributed by atoms with Gasteiger partial charge in [0.25, 0.3) is 10.0 Å². The summed E-state index contributed by atoms with van der Waals surface area (Å²) in [6.45, 7) is 2.53. The minimum absolute atomic E-state index is 0.272. The lowest BCUT2D eigenvalue weighted by Gasteiger charge is -2.35. The number of benzene rings is 1. The molecule has 0 amide bonds. The molecule has 0 radical (unpaired) electrons. The minimum Gasteiger partial charge on any atom is -0.329 e. The first-order chi connectivity index (χ1) is 10.0. The van der Waals surface area contributed by atoms with Crippen LogP contribution in [0, 0.1) is 6.92 Å². The van der Waals surface area contributed by atoms with Gasteiger partial charge in [0, 0.05) is 13.1 Å². The fourth-order valence-corrected chi connectivity index (χ4v) is 5.59. The SMILES string of the molecule is Cc1ncc(S(=O)(=O)N2CCc3ccccc3C2CN)s1. The van der Waals surface area contributed by atoms with Crippen molar-refractivity contribution in [2.75, 3.05) is 13.1 Å². The molecule has 0 saturated carbocycles. The van der Waals surface area contributed by atoms with Gasteiger partial charge >= 0.3 is 0 Å². The van der Waals surface area contributed by atoms with E-state index in [0.717, 1.165) is 10.6 Å². The summed E-state index contributed by atoms with van der Waals surface area (Å²) in [6, 6.07) is 7.60. The van der Waals surface area contributed by atoms with E-state index < -0.39 is 10.0 Å². The average molecular weight is 323 g/mol. The van der Waals surface area contributed by atoms with Crippen molar-refractivity contribution in [3.8, 4) is 0 Å². The molecule has 0 saturated heterocycles. The summed E-state index contributed by atoms with van der Waals surface area (Å²) in [5.74, 6) is 0. The molecule has 2 heterocycles. The summed E-state index contributed by atoms with van der Waals surface area (Å²) in [5.41, 5.74) is 8.06. The molecule has 1 aromatic carbocycles. The van der Waals surface area contributed by atoms with Crippen molar-refractivity contribution in [1.82, 2.24) is 9.29 Å². The molecule has 2 aromatic rings. The molecule has 1 aromatic heterocycles. The molecule has 0 aliphatic carbocycles. The van der Waals surface area contributed by atoms with Gasteiger partial charge in [0.1, 0.15) is 0 Å². The van der Waals surface area contributed by atoms with Gasteiger partial charge in [-0.05, 0) is 24.5 Å². The number of nitrogens with zero attached hydrogens (tertiary/aromatic N) is 2. The molecule has 3 rings (SSSR count). The molecule has 21 heavy (non-hydrogen) atoms. The van der Waals surface area contributed by atoms with Crippen LogP contribution in [0.3, 0.4) is 0 Å². The minimum atomic E-state index is -3.54. The Morgan fingerprint density at radius 3 is 2.86 bits per heavy atom. The van der Waals surface area contributed by atoms with Crippen LogP contribution in [0.4, 0.5) is 0 Å². The van der Waals surface area contributed by atoms with E-state index >= 15 is 0 Å². The fraction of sp³-hybridized carbons (Fsp3) is 0.357. The Morgan fingerprint density at radius 1 is 1.43 bits per heavy atom. The van der Waals surface area contributed by atoms with Gasteiger partial charge in [-0.1, -0.05) is 24.3 Å². The molecule has 0 spiro atoms. The third kappa shape index (κ3) is 2.50. The monoisotopic (exact) mass is 323 g/mol. The predicted octanol–water partition coefficient (Wildman–Crippen LogP) is 1.70. The Bertz CT molecular complexity index is 755. The normalized spacial score (nSPS) is 19.4. The number of hydrogen-bond acceptors (Lipinski definition) is 5. The Morgan fingerprint density at radius 2 is 2.19 bits per heavy atom. The number of aryl methyl sites for hydroxylation is 1. The number of aromatic nitrogens is 1. The molecule has 7 heteroatoms. The summed E-state index contributed by atoms with van der Waals surface area (Å²) in [7, 11) is -3.54. The van der Waals surface area contributed by atoms with Gasteiger partial charge in [-0.2, -0.15) is 4.31 Å². The highest BCUT2D eigenvalue weighted by Gasteiger charge is 2.36. The molecule has 1 aliphatic rings. The second-order valence-electron chi connectivity index (χ2n) is 5.01. The molecule has 1 atom stereocenters. The van der Waals surface area contributed by atoms with Gasteiger partial charge in [-0.3, -0.25) is 0 Å². The van der Waals surface area contributed by atoms with E-state index in [0.29, 0.717) is 13.0 Å². The predicted molar refractivity (Wildman–Crippen MR) is 82.7 cm³/mol. The highest BCUT2D eigenvalue weighted by atomic mass is 32.2. The first-order valence-corrected chi connectivity index (χ1v) is 9.02. The van der Waals surface area contributed by atoms with Crippen molar-refractivity contribution in [3.63, 3.8) is 0 Å². The van der Waals surface area contributed by atoms with Gasteiger partial charge in [-0.25, -0.2) is 13.4 Å². The molecular weight excluding hydrogens is 306 g/mol. The van der Waals surface area contributed by atoms with E-state index in [9.17, 15) is 8.42 Å². The first-order valence-electron chi connectivity index (χ1n) is 6.76. The number of nitrogens with two attached hydrogens (primary N) is 1. The number of rotatable bonds is 3. The Kier molecular flexibility index (Phi) is 3.83. The first kappa shape index (κ1) is 14.6. The van der Waals surface area contributed by atoms with E-state index in [1.807, 2.05) is 24.3 Å². The molecular formula is C14H17N3O2S2. The maximum Gasteiger partial charge on any atom is 0.254 e. The highest BCUT2D eigenvalue weighted by Crippen LogP contribution is 2.34. The van der Waals surface area contributed by atoms with Crippen LogP contribution in [0.1, 0.15) is 22.2 Å². The zero-order chi connectivity index (χ0) is 15.0. The second-order valence-corrected chi connectivity index (χ2v) is 8.37. The molecule has 2 N–H and O–H groups in total. The summed E-state index contributed by atoms with van der Waals surface area (Å²) in [5, 5.41) is 0.746. The van der Waals surface area contributed by atoms with Crippen molar-refractivity contribution in [2.24, 2.45) is 5.73 Å². The molecule has 112 valence electrons. The van der Waals surface area contributed by atoms with E-state index in [-0.39, 0.29) is 16.8 Å². The van der Waals surface area contributed by atoms with Gasteiger partial charge in [-0.15, -0.1) is 11.3 Å². The lowest BCUT2D eigenvalue weighted by Crippen LogP contribution is -2.42. The zero-order valence-corrected chi connectivity index (χ0v) is 13.3. The van der Waals surface area contributed by atoms with Crippen LogP contribution < -0.4 is 5.73 Å². The molecule has 1 aliphatic heterocycles. The summed E-state index contributed by atoms with van der Waals surface area (Å²) < 4.78 is 27.4. The zero-order valence-electron chi connectivity index (χ0n) is 11.7. The smallest absolute Gasteiger partial charge is 0.254 e. The lowest BCUT2D eigenvalue weighted by molar-refractivity contribution is 0.314. The van der Waals surface area contributed by atoms with Crippen molar-refractivity contribution in [1.29, 1.82) is 0 Å². The topological polar surface area (TPSA) is 76.3 Å². The maximum absolute atomic E-state index is 12.8. The average Bonchev–Trinajstić information content (AvgIpc) is 2.93. The van der Waals surface area contributed by atoms with E-state index in [1.165, 1.54) is 27.4 Å². The number of sulfonamides is 1. The van der Waals surface area contributed by atoms with Crippen LogP contribution >= 0.6 is 11.3 Å². The summed E-state index contributed by atoms with van der Waals surface area (Å²) in [4.78, 5) is 4.05. The van der Waals surface area contributed by atoms with Crippen molar-refractivity contribution < 1.29 is 8.42 Å². The lowest BCUT2D eigenvalue weighted by atomic mass is 9.94. The van der Waals surface area contributed by atoms with Crippen LogP contribution in [0.5, 0.6) is 0 Å².